The fourth-order valence-electron chi connectivity index (χ4n) is 2.97. The summed E-state index contributed by atoms with van der Waals surface area (Å²) in [4.78, 5) is 11.3. The Labute approximate surface area is 128 Å². The van der Waals surface area contributed by atoms with Crippen LogP contribution in [0.3, 0.4) is 0 Å². The minimum Gasteiger partial charge on any atom is -0.870 e. The molecule has 0 aliphatic carbocycles. The molecule has 2 aliphatic heterocycles. The zero-order chi connectivity index (χ0) is 11.8. The molecule has 0 spiro atoms. The third kappa shape index (κ3) is 2.80. The van der Waals surface area contributed by atoms with Crippen molar-refractivity contribution in [1.82, 2.24) is 0 Å². The van der Waals surface area contributed by atoms with Gasteiger partial charge >= 0.3 is 29.6 Å². The Morgan fingerprint density at radius 2 is 1.67 bits per heavy atom. The molecular formula is C14H15NaO3. The number of hydrogen-bond donors (Lipinski definition) is 0. The standard InChI is InChI=1S/C14H16O3.Na/c15-13-5-1-9(2-6-14(13)16)10-7-11-3-4-12(8-10)17-11;/h1-2,5-6,10-12H,3-4,7-8H2,(H,15,16);/q;+1/p-1. The Hall–Kier alpha value is -0.350. The van der Waals surface area contributed by atoms with Gasteiger partial charge in [-0.05, 0) is 43.2 Å². The van der Waals surface area contributed by atoms with E-state index in [0.29, 0.717) is 18.1 Å². The molecule has 2 atom stereocenters. The Morgan fingerprint density at radius 3 is 2.33 bits per heavy atom. The van der Waals surface area contributed by atoms with Gasteiger partial charge in [0.2, 0.25) is 0 Å². The number of hydrogen-bond acceptors (Lipinski definition) is 3. The van der Waals surface area contributed by atoms with E-state index in [9.17, 15) is 9.90 Å². The first-order valence-electron chi connectivity index (χ1n) is 6.19. The average Bonchev–Trinajstić information content (AvgIpc) is 2.57. The van der Waals surface area contributed by atoms with Gasteiger partial charge in [-0.25, -0.2) is 0 Å². The molecule has 2 unspecified atom stereocenters. The van der Waals surface area contributed by atoms with E-state index in [-0.39, 0.29) is 29.6 Å². The molecule has 2 aliphatic rings. The quantitative estimate of drug-likeness (QED) is 0.576. The van der Waals surface area contributed by atoms with Crippen molar-refractivity contribution in [3.05, 3.63) is 40.1 Å². The van der Waals surface area contributed by atoms with E-state index in [4.69, 9.17) is 4.74 Å². The van der Waals surface area contributed by atoms with Gasteiger partial charge in [0, 0.05) is 0 Å². The van der Waals surface area contributed by atoms with E-state index < -0.39 is 11.2 Å². The van der Waals surface area contributed by atoms with Crippen LogP contribution in [0.5, 0.6) is 5.75 Å². The minimum absolute atomic E-state index is 0. The third-order valence-electron chi connectivity index (χ3n) is 3.86. The molecule has 2 saturated heterocycles. The molecule has 2 heterocycles. The molecule has 2 fully saturated rings. The van der Waals surface area contributed by atoms with Gasteiger partial charge in [-0.1, -0.05) is 23.9 Å². The molecule has 2 bridgehead atoms. The van der Waals surface area contributed by atoms with E-state index in [0.717, 1.165) is 31.2 Å². The summed E-state index contributed by atoms with van der Waals surface area (Å²) in [5, 5.41) is 11.3. The second-order valence-electron chi connectivity index (χ2n) is 5.02. The number of fused-ring (bicyclic) bond motifs is 2. The van der Waals surface area contributed by atoms with Gasteiger partial charge in [-0.2, -0.15) is 0 Å². The van der Waals surface area contributed by atoms with Crippen molar-refractivity contribution in [3.8, 4) is 5.75 Å². The summed E-state index contributed by atoms with van der Waals surface area (Å²) in [6, 6.07) is 6.41. The first-order chi connectivity index (χ1) is 8.22. The zero-order valence-electron chi connectivity index (χ0n) is 10.6. The molecule has 0 radical (unpaired) electrons. The van der Waals surface area contributed by atoms with Gasteiger partial charge in [-0.3, -0.25) is 4.79 Å². The molecule has 0 aromatic heterocycles. The van der Waals surface area contributed by atoms with E-state index in [2.05, 4.69) is 0 Å². The van der Waals surface area contributed by atoms with Crippen LogP contribution in [-0.2, 0) is 4.74 Å². The Morgan fingerprint density at radius 1 is 1.06 bits per heavy atom. The Bertz CT molecular complexity index is 477. The van der Waals surface area contributed by atoms with Crippen LogP contribution >= 0.6 is 0 Å². The van der Waals surface area contributed by atoms with Crippen LogP contribution in [0, 0.1) is 0 Å². The fraction of sp³-hybridized carbons (Fsp3) is 0.500. The Balaban J connectivity index is 0.00000120. The molecular weight excluding hydrogens is 239 g/mol. The molecule has 3 nitrogen and oxygen atoms in total. The van der Waals surface area contributed by atoms with Crippen molar-refractivity contribution in [2.24, 2.45) is 0 Å². The zero-order valence-corrected chi connectivity index (χ0v) is 12.6. The first-order valence-corrected chi connectivity index (χ1v) is 6.19. The van der Waals surface area contributed by atoms with Gasteiger partial charge in [0.15, 0.2) is 5.43 Å². The average molecular weight is 254 g/mol. The maximum atomic E-state index is 11.3. The van der Waals surface area contributed by atoms with E-state index >= 15 is 0 Å². The van der Waals surface area contributed by atoms with Crippen LogP contribution in [0.2, 0.25) is 0 Å². The van der Waals surface area contributed by atoms with Gasteiger partial charge in [0.25, 0.3) is 0 Å². The molecule has 4 heteroatoms. The molecule has 0 saturated carbocycles. The summed E-state index contributed by atoms with van der Waals surface area (Å²) in [5.41, 5.74) is 0.677. The van der Waals surface area contributed by atoms with E-state index in [1.807, 2.05) is 0 Å². The normalized spacial score (nSPS) is 29.7. The van der Waals surface area contributed by atoms with Gasteiger partial charge in [0.05, 0.1) is 12.2 Å². The Kier molecular flexibility index (Phi) is 4.49. The van der Waals surface area contributed by atoms with Crippen LogP contribution in [0.4, 0.5) is 0 Å². The van der Waals surface area contributed by atoms with Gasteiger partial charge < -0.3 is 9.84 Å². The summed E-state index contributed by atoms with van der Waals surface area (Å²) in [5.74, 6) is 0.0127. The topological polar surface area (TPSA) is 49.4 Å². The maximum Gasteiger partial charge on any atom is 1.00 e. The van der Waals surface area contributed by atoms with Crippen molar-refractivity contribution < 1.29 is 39.4 Å². The minimum atomic E-state index is -0.425. The van der Waals surface area contributed by atoms with Crippen LogP contribution in [-0.4, -0.2) is 12.2 Å². The van der Waals surface area contributed by atoms with Gasteiger partial charge in [-0.15, -0.1) is 0 Å². The fourth-order valence-corrected chi connectivity index (χ4v) is 2.97. The van der Waals surface area contributed by atoms with E-state index in [1.54, 1.807) is 12.1 Å². The van der Waals surface area contributed by atoms with Crippen molar-refractivity contribution in [2.45, 2.75) is 43.8 Å². The van der Waals surface area contributed by atoms with E-state index in [1.165, 1.54) is 12.1 Å². The second-order valence-corrected chi connectivity index (χ2v) is 5.02. The van der Waals surface area contributed by atoms with Crippen LogP contribution in [0.1, 0.15) is 37.2 Å². The maximum absolute atomic E-state index is 11.3. The second kappa shape index (κ2) is 5.74. The summed E-state index contributed by atoms with van der Waals surface area (Å²) < 4.78 is 5.80. The monoisotopic (exact) mass is 254 g/mol. The molecule has 1 aromatic rings. The molecule has 3 rings (SSSR count). The predicted octanol–water partition coefficient (Wildman–Crippen LogP) is -1.45. The number of rotatable bonds is 1. The SMILES string of the molecule is O=c1ccc(C2CC3CCC(C2)O3)ccc1[O-].[Na+]. The molecule has 90 valence electrons. The first kappa shape index (κ1) is 14.1. The third-order valence-corrected chi connectivity index (χ3v) is 3.86. The summed E-state index contributed by atoms with van der Waals surface area (Å²) >= 11 is 0. The van der Waals surface area contributed by atoms with Crippen molar-refractivity contribution >= 4 is 0 Å². The van der Waals surface area contributed by atoms with Crippen LogP contribution in [0.15, 0.2) is 29.1 Å². The largest absolute Gasteiger partial charge is 1.00 e. The molecule has 0 amide bonds. The summed E-state index contributed by atoms with van der Waals surface area (Å²) in [7, 11) is 0. The van der Waals surface area contributed by atoms with Gasteiger partial charge in [0.1, 0.15) is 0 Å². The molecule has 1 aromatic carbocycles. The van der Waals surface area contributed by atoms with Crippen molar-refractivity contribution in [1.29, 1.82) is 0 Å². The molecule has 0 N–H and O–H groups in total. The van der Waals surface area contributed by atoms with Crippen LogP contribution in [0.25, 0.3) is 0 Å². The smallest absolute Gasteiger partial charge is 0.870 e. The van der Waals surface area contributed by atoms with Crippen molar-refractivity contribution in [3.63, 3.8) is 0 Å². The van der Waals surface area contributed by atoms with Crippen LogP contribution < -0.4 is 40.1 Å². The molecule has 18 heavy (non-hydrogen) atoms. The van der Waals surface area contributed by atoms with Crippen molar-refractivity contribution in [2.75, 3.05) is 0 Å². The summed E-state index contributed by atoms with van der Waals surface area (Å²) in [6.07, 6.45) is 5.09. The predicted molar refractivity (Wildman–Crippen MR) is 62.0 cm³/mol. The number of ether oxygens (including phenoxy) is 1. The summed E-state index contributed by atoms with van der Waals surface area (Å²) in [6.45, 7) is 0.